The molecular weight excluding hydrogens is 318 g/mol. The van der Waals surface area contributed by atoms with Crippen molar-refractivity contribution < 1.29 is 14.7 Å². The fourth-order valence-electron chi connectivity index (χ4n) is 4.23. The van der Waals surface area contributed by atoms with Gasteiger partial charge in [-0.05, 0) is 25.2 Å². The SMILES string of the molecule is CN1CCC2(C1)Nc1ccc3c(c1N2)C(=O)c1cccc(O)c1C3=O. The van der Waals surface area contributed by atoms with Crippen LogP contribution in [-0.2, 0) is 0 Å². The number of hydrogen-bond acceptors (Lipinski definition) is 6. The van der Waals surface area contributed by atoms with Gasteiger partial charge in [0.2, 0.25) is 0 Å². The summed E-state index contributed by atoms with van der Waals surface area (Å²) in [6, 6.07) is 8.14. The lowest BCUT2D eigenvalue weighted by molar-refractivity contribution is 0.0977. The number of hydrogen-bond donors (Lipinski definition) is 3. The first-order valence-corrected chi connectivity index (χ1v) is 8.32. The number of ketones is 2. The molecule has 25 heavy (non-hydrogen) atoms. The Morgan fingerprint density at radius 1 is 1.04 bits per heavy atom. The third kappa shape index (κ3) is 1.83. The maximum absolute atomic E-state index is 13.1. The summed E-state index contributed by atoms with van der Waals surface area (Å²) >= 11 is 0. The molecule has 2 aliphatic heterocycles. The number of likely N-dealkylation sites (N-methyl/N-ethyl adjacent to an activating group) is 1. The van der Waals surface area contributed by atoms with Crippen LogP contribution in [0.2, 0.25) is 0 Å². The zero-order valence-electron chi connectivity index (χ0n) is 13.7. The number of phenolic OH excluding ortho intramolecular Hbond substituents is 1. The van der Waals surface area contributed by atoms with Crippen LogP contribution in [0.4, 0.5) is 11.4 Å². The van der Waals surface area contributed by atoms with Crippen LogP contribution in [0.5, 0.6) is 5.75 Å². The van der Waals surface area contributed by atoms with Crippen molar-refractivity contribution in [1.82, 2.24) is 4.90 Å². The van der Waals surface area contributed by atoms with Crippen LogP contribution < -0.4 is 10.6 Å². The van der Waals surface area contributed by atoms with Gasteiger partial charge in [0.15, 0.2) is 11.6 Å². The summed E-state index contributed by atoms with van der Waals surface area (Å²) < 4.78 is 0. The van der Waals surface area contributed by atoms with E-state index in [0.717, 1.165) is 25.2 Å². The number of phenols is 1. The van der Waals surface area contributed by atoms with E-state index in [-0.39, 0.29) is 34.1 Å². The largest absolute Gasteiger partial charge is 0.507 e. The highest BCUT2D eigenvalue weighted by atomic mass is 16.3. The van der Waals surface area contributed by atoms with Crippen LogP contribution in [0.15, 0.2) is 30.3 Å². The van der Waals surface area contributed by atoms with Crippen molar-refractivity contribution in [2.75, 3.05) is 30.8 Å². The van der Waals surface area contributed by atoms with E-state index >= 15 is 0 Å². The minimum atomic E-state index is -0.309. The van der Waals surface area contributed by atoms with Gasteiger partial charge in [0.05, 0.1) is 22.5 Å². The number of likely N-dealkylation sites (tertiary alicyclic amines) is 1. The van der Waals surface area contributed by atoms with Gasteiger partial charge < -0.3 is 20.6 Å². The van der Waals surface area contributed by atoms with Crippen molar-refractivity contribution in [3.05, 3.63) is 52.6 Å². The van der Waals surface area contributed by atoms with Crippen LogP contribution in [0, 0.1) is 0 Å². The van der Waals surface area contributed by atoms with Gasteiger partial charge in [-0.25, -0.2) is 0 Å². The Labute approximate surface area is 144 Å². The van der Waals surface area contributed by atoms with Gasteiger partial charge in [0.25, 0.3) is 0 Å². The molecule has 0 saturated carbocycles. The van der Waals surface area contributed by atoms with Crippen molar-refractivity contribution in [1.29, 1.82) is 0 Å². The number of carbonyl (C=O) groups is 2. The molecule has 3 aliphatic rings. The normalized spacial score (nSPS) is 23.9. The molecule has 0 aromatic heterocycles. The quantitative estimate of drug-likeness (QED) is 0.583. The molecule has 2 aromatic rings. The van der Waals surface area contributed by atoms with Gasteiger partial charge >= 0.3 is 0 Å². The van der Waals surface area contributed by atoms with Crippen molar-refractivity contribution in [2.24, 2.45) is 0 Å². The van der Waals surface area contributed by atoms with E-state index in [1.54, 1.807) is 18.2 Å². The molecule has 1 unspecified atom stereocenters. The van der Waals surface area contributed by atoms with Crippen molar-refractivity contribution in [3.8, 4) is 5.75 Å². The lowest BCUT2D eigenvalue weighted by atomic mass is 9.82. The number of benzene rings is 2. The van der Waals surface area contributed by atoms with Crippen LogP contribution in [-0.4, -0.2) is 47.4 Å². The Balaban J connectivity index is 1.68. The Hall–Kier alpha value is -2.86. The lowest BCUT2D eigenvalue weighted by Gasteiger charge is -2.25. The van der Waals surface area contributed by atoms with E-state index in [2.05, 4.69) is 22.6 Å². The van der Waals surface area contributed by atoms with Gasteiger partial charge in [-0.15, -0.1) is 0 Å². The molecule has 2 aromatic carbocycles. The zero-order valence-corrected chi connectivity index (χ0v) is 13.7. The molecule has 6 heteroatoms. The average Bonchev–Trinajstić information content (AvgIpc) is 3.13. The summed E-state index contributed by atoms with van der Waals surface area (Å²) in [5.74, 6) is -0.686. The Kier molecular flexibility index (Phi) is 2.67. The van der Waals surface area contributed by atoms with E-state index in [9.17, 15) is 14.7 Å². The number of aromatic hydroxyl groups is 1. The van der Waals surface area contributed by atoms with Gasteiger partial charge in [0, 0.05) is 30.6 Å². The van der Waals surface area contributed by atoms with E-state index in [1.165, 1.54) is 6.07 Å². The predicted octanol–water partition coefficient (Wildman–Crippen LogP) is 2.04. The summed E-state index contributed by atoms with van der Waals surface area (Å²) in [5.41, 5.74) is 2.35. The maximum atomic E-state index is 13.1. The van der Waals surface area contributed by atoms with Gasteiger partial charge in [-0.2, -0.15) is 0 Å². The molecule has 2 heterocycles. The van der Waals surface area contributed by atoms with E-state index in [4.69, 9.17) is 0 Å². The number of carbonyl (C=O) groups excluding carboxylic acids is 2. The molecule has 1 aliphatic carbocycles. The third-order valence-electron chi connectivity index (χ3n) is 5.39. The second kappa shape index (κ2) is 4.61. The minimum Gasteiger partial charge on any atom is -0.507 e. The molecular formula is C19H17N3O3. The number of nitrogens with one attached hydrogen (secondary N) is 2. The lowest BCUT2D eigenvalue weighted by Crippen LogP contribution is -2.44. The molecule has 1 saturated heterocycles. The second-order valence-corrected chi connectivity index (χ2v) is 7.09. The number of anilines is 2. The third-order valence-corrected chi connectivity index (χ3v) is 5.39. The molecule has 126 valence electrons. The highest BCUT2D eigenvalue weighted by Gasteiger charge is 2.44. The highest BCUT2D eigenvalue weighted by molar-refractivity contribution is 6.31. The average molecular weight is 335 g/mol. The van der Waals surface area contributed by atoms with Crippen LogP contribution >= 0.6 is 0 Å². The predicted molar refractivity (Wildman–Crippen MR) is 93.5 cm³/mol. The van der Waals surface area contributed by atoms with Gasteiger partial charge in [0.1, 0.15) is 11.4 Å². The van der Waals surface area contributed by atoms with Gasteiger partial charge in [-0.1, -0.05) is 12.1 Å². The fourth-order valence-corrected chi connectivity index (χ4v) is 4.23. The molecule has 6 nitrogen and oxygen atoms in total. The Bertz CT molecular complexity index is 969. The molecule has 3 N–H and O–H groups in total. The monoisotopic (exact) mass is 335 g/mol. The summed E-state index contributed by atoms with van der Waals surface area (Å²) in [6.07, 6.45) is 0.909. The Morgan fingerprint density at radius 2 is 1.80 bits per heavy atom. The molecule has 1 spiro atoms. The first kappa shape index (κ1) is 14.5. The molecule has 0 amide bonds. The minimum absolute atomic E-state index is 0.0984. The van der Waals surface area contributed by atoms with E-state index < -0.39 is 0 Å². The second-order valence-electron chi connectivity index (χ2n) is 7.09. The smallest absolute Gasteiger partial charge is 0.198 e. The standard InChI is InChI=1S/C19H17N3O3/c1-22-8-7-19(9-22)20-12-6-5-11-15(16(12)21-19)18(25)10-3-2-4-13(23)14(10)17(11)24/h2-6,20-21,23H,7-9H2,1H3. The topological polar surface area (TPSA) is 81.7 Å². The summed E-state index contributed by atoms with van der Waals surface area (Å²) in [5, 5.41) is 17.0. The first-order chi connectivity index (χ1) is 12.0. The van der Waals surface area contributed by atoms with Crippen LogP contribution in [0.25, 0.3) is 0 Å². The highest BCUT2D eigenvalue weighted by Crippen LogP contribution is 2.45. The fraction of sp³-hybridized carbons (Fsp3) is 0.263. The van der Waals surface area contributed by atoms with E-state index in [0.29, 0.717) is 16.8 Å². The molecule has 5 rings (SSSR count). The van der Waals surface area contributed by atoms with Crippen molar-refractivity contribution >= 4 is 22.9 Å². The number of nitrogens with zero attached hydrogens (tertiary/aromatic N) is 1. The molecule has 1 fully saturated rings. The number of rotatable bonds is 0. The van der Waals surface area contributed by atoms with Crippen molar-refractivity contribution in [3.63, 3.8) is 0 Å². The summed E-state index contributed by atoms with van der Waals surface area (Å²) in [7, 11) is 2.06. The van der Waals surface area contributed by atoms with Gasteiger partial charge in [-0.3, -0.25) is 9.59 Å². The summed E-state index contributed by atoms with van der Waals surface area (Å²) in [6.45, 7) is 1.77. The van der Waals surface area contributed by atoms with Crippen LogP contribution in [0.1, 0.15) is 38.3 Å². The first-order valence-electron chi connectivity index (χ1n) is 8.32. The molecule has 1 atom stereocenters. The molecule has 0 radical (unpaired) electrons. The number of fused-ring (bicyclic) bond motifs is 4. The van der Waals surface area contributed by atoms with Crippen molar-refractivity contribution in [2.45, 2.75) is 12.1 Å². The summed E-state index contributed by atoms with van der Waals surface area (Å²) in [4.78, 5) is 28.2. The Morgan fingerprint density at radius 3 is 2.56 bits per heavy atom. The maximum Gasteiger partial charge on any atom is 0.198 e. The molecule has 0 bridgehead atoms. The zero-order chi connectivity index (χ0) is 17.3. The van der Waals surface area contributed by atoms with E-state index in [1.807, 2.05) is 6.07 Å². The van der Waals surface area contributed by atoms with Crippen LogP contribution in [0.3, 0.4) is 0 Å².